The van der Waals surface area contributed by atoms with Crippen LogP contribution in [-0.2, 0) is 4.79 Å². The molecular formula is C21H30ClN3O4. The second-order valence-corrected chi connectivity index (χ2v) is 7.85. The number of nitrogen functional groups attached to an aromatic ring is 1. The minimum atomic E-state index is -1.17. The second-order valence-electron chi connectivity index (χ2n) is 7.85. The van der Waals surface area contributed by atoms with Gasteiger partial charge in [0, 0.05) is 31.1 Å². The SMILES string of the molecule is Cl.Nc1cccc(C(=O)O)c1C(=O)[C@@H]1CCCN(C(=O)CCC2CCNCC2)C1. The molecule has 8 heteroatoms. The van der Waals surface area contributed by atoms with Gasteiger partial charge in [0.2, 0.25) is 5.91 Å². The molecule has 160 valence electrons. The van der Waals surface area contributed by atoms with Gasteiger partial charge in [-0.25, -0.2) is 4.79 Å². The van der Waals surface area contributed by atoms with Crippen molar-refractivity contribution >= 4 is 35.8 Å². The number of rotatable bonds is 6. The molecular weight excluding hydrogens is 394 g/mol. The van der Waals surface area contributed by atoms with Crippen LogP contribution >= 0.6 is 12.4 Å². The number of nitrogens with zero attached hydrogens (tertiary/aromatic N) is 1. The Balaban J connectivity index is 0.00000300. The van der Waals surface area contributed by atoms with Gasteiger partial charge in [-0.05, 0) is 63.2 Å². The molecule has 0 radical (unpaired) electrons. The van der Waals surface area contributed by atoms with E-state index < -0.39 is 11.9 Å². The number of piperidine rings is 2. The normalized spacial score (nSPS) is 20.0. The van der Waals surface area contributed by atoms with Gasteiger partial charge in [0.25, 0.3) is 0 Å². The lowest BCUT2D eigenvalue weighted by molar-refractivity contribution is -0.133. The lowest BCUT2D eigenvalue weighted by atomic mass is 9.87. The van der Waals surface area contributed by atoms with Gasteiger partial charge in [-0.1, -0.05) is 6.07 Å². The van der Waals surface area contributed by atoms with Gasteiger partial charge in [-0.3, -0.25) is 9.59 Å². The maximum absolute atomic E-state index is 13.0. The fourth-order valence-electron chi connectivity index (χ4n) is 4.30. The number of aromatic carboxylic acids is 1. The zero-order valence-electron chi connectivity index (χ0n) is 16.6. The first-order valence-corrected chi connectivity index (χ1v) is 10.1. The van der Waals surface area contributed by atoms with Crippen molar-refractivity contribution in [3.63, 3.8) is 0 Å². The van der Waals surface area contributed by atoms with E-state index in [0.717, 1.165) is 38.8 Å². The van der Waals surface area contributed by atoms with Crippen molar-refractivity contribution in [2.75, 3.05) is 31.9 Å². The van der Waals surface area contributed by atoms with Crippen molar-refractivity contribution in [3.8, 4) is 0 Å². The molecule has 1 atom stereocenters. The number of amides is 1. The molecule has 1 amide bonds. The molecule has 2 fully saturated rings. The van der Waals surface area contributed by atoms with Crippen LogP contribution in [0.1, 0.15) is 59.2 Å². The average Bonchev–Trinajstić information content (AvgIpc) is 2.72. The Hall–Kier alpha value is -2.12. The quantitative estimate of drug-likeness (QED) is 0.478. The number of ketones is 1. The van der Waals surface area contributed by atoms with E-state index in [-0.39, 0.29) is 40.9 Å². The maximum atomic E-state index is 13.0. The minimum absolute atomic E-state index is 0. The standard InChI is InChI=1S/C21H29N3O4.ClH/c22-17-5-1-4-16(21(27)28)19(17)20(26)15-3-2-12-24(13-15)18(25)7-6-14-8-10-23-11-9-14;/h1,4-5,14-15,23H,2-3,6-13,22H2,(H,27,28);1H/t15-;/m1./s1. The van der Waals surface area contributed by atoms with Crippen LogP contribution in [0.5, 0.6) is 0 Å². The number of carbonyl (C=O) groups excluding carboxylic acids is 2. The van der Waals surface area contributed by atoms with E-state index in [2.05, 4.69) is 5.32 Å². The minimum Gasteiger partial charge on any atom is -0.478 e. The van der Waals surface area contributed by atoms with Crippen molar-refractivity contribution in [2.45, 2.75) is 38.5 Å². The summed E-state index contributed by atoms with van der Waals surface area (Å²) in [7, 11) is 0. The molecule has 4 N–H and O–H groups in total. The molecule has 0 bridgehead atoms. The summed E-state index contributed by atoms with van der Waals surface area (Å²) in [6, 6.07) is 4.48. The number of anilines is 1. The van der Waals surface area contributed by atoms with Crippen LogP contribution in [0.3, 0.4) is 0 Å². The number of carbonyl (C=O) groups is 3. The first-order chi connectivity index (χ1) is 13.5. The number of likely N-dealkylation sites (tertiary alicyclic amines) is 1. The van der Waals surface area contributed by atoms with Gasteiger partial charge in [0.15, 0.2) is 5.78 Å². The first-order valence-electron chi connectivity index (χ1n) is 10.1. The fraction of sp³-hybridized carbons (Fsp3) is 0.571. The Kier molecular flexibility index (Phi) is 8.46. The number of nitrogens with two attached hydrogens (primary N) is 1. The van der Waals surface area contributed by atoms with Gasteiger partial charge in [-0.15, -0.1) is 12.4 Å². The van der Waals surface area contributed by atoms with Crippen molar-refractivity contribution in [1.29, 1.82) is 0 Å². The third-order valence-corrected chi connectivity index (χ3v) is 5.94. The average molecular weight is 424 g/mol. The third kappa shape index (κ3) is 5.70. The molecule has 2 saturated heterocycles. The summed E-state index contributed by atoms with van der Waals surface area (Å²) < 4.78 is 0. The highest BCUT2D eigenvalue weighted by Crippen LogP contribution is 2.27. The zero-order valence-corrected chi connectivity index (χ0v) is 17.4. The van der Waals surface area contributed by atoms with Crippen LogP contribution in [0, 0.1) is 11.8 Å². The number of Topliss-reactive ketones (excluding diaryl/α,β-unsaturated/α-hetero) is 1. The second kappa shape index (κ2) is 10.6. The van der Waals surface area contributed by atoms with E-state index in [4.69, 9.17) is 5.73 Å². The Morgan fingerprint density at radius 2 is 1.90 bits per heavy atom. The van der Waals surface area contributed by atoms with Crippen molar-refractivity contribution in [3.05, 3.63) is 29.3 Å². The van der Waals surface area contributed by atoms with Gasteiger partial charge in [0.1, 0.15) is 0 Å². The smallest absolute Gasteiger partial charge is 0.336 e. The molecule has 2 heterocycles. The lowest BCUT2D eigenvalue weighted by Gasteiger charge is -2.33. The third-order valence-electron chi connectivity index (χ3n) is 5.94. The molecule has 2 aliphatic rings. The number of hydrogen-bond donors (Lipinski definition) is 3. The molecule has 0 saturated carbocycles. The highest BCUT2D eigenvalue weighted by atomic mass is 35.5. The van der Waals surface area contributed by atoms with Crippen LogP contribution in [0.4, 0.5) is 5.69 Å². The summed E-state index contributed by atoms with van der Waals surface area (Å²) in [5.74, 6) is -1.16. The van der Waals surface area contributed by atoms with E-state index in [1.807, 2.05) is 0 Å². The Morgan fingerprint density at radius 1 is 1.17 bits per heavy atom. The highest BCUT2D eigenvalue weighted by Gasteiger charge is 2.32. The predicted molar refractivity (Wildman–Crippen MR) is 114 cm³/mol. The van der Waals surface area contributed by atoms with Gasteiger partial charge in [0.05, 0.1) is 11.1 Å². The van der Waals surface area contributed by atoms with Gasteiger partial charge < -0.3 is 21.1 Å². The molecule has 0 aromatic heterocycles. The number of nitrogens with one attached hydrogen (secondary N) is 1. The monoisotopic (exact) mass is 423 g/mol. The van der Waals surface area contributed by atoms with E-state index in [0.29, 0.717) is 31.8 Å². The Labute approximate surface area is 177 Å². The summed E-state index contributed by atoms with van der Waals surface area (Å²) in [6.07, 6.45) is 5.01. The van der Waals surface area contributed by atoms with Crippen LogP contribution in [0.15, 0.2) is 18.2 Å². The number of halogens is 1. The fourth-order valence-corrected chi connectivity index (χ4v) is 4.30. The lowest BCUT2D eigenvalue weighted by Crippen LogP contribution is -2.42. The topological polar surface area (TPSA) is 113 Å². The summed E-state index contributed by atoms with van der Waals surface area (Å²) in [5, 5.41) is 12.7. The first kappa shape index (κ1) is 23.2. The van der Waals surface area contributed by atoms with E-state index in [1.165, 1.54) is 12.1 Å². The van der Waals surface area contributed by atoms with E-state index >= 15 is 0 Å². The van der Waals surface area contributed by atoms with Crippen molar-refractivity contribution < 1.29 is 19.5 Å². The molecule has 2 aliphatic heterocycles. The van der Waals surface area contributed by atoms with E-state index in [1.54, 1.807) is 11.0 Å². The number of hydrogen-bond acceptors (Lipinski definition) is 5. The summed E-state index contributed by atoms with van der Waals surface area (Å²) in [4.78, 5) is 39.0. The van der Waals surface area contributed by atoms with Gasteiger partial charge in [-0.2, -0.15) is 0 Å². The molecule has 3 rings (SSSR count). The molecule has 1 aromatic carbocycles. The Bertz CT molecular complexity index is 749. The molecule has 1 aromatic rings. The molecule has 0 unspecified atom stereocenters. The predicted octanol–water partition coefficient (Wildman–Crippen LogP) is 2.59. The molecule has 7 nitrogen and oxygen atoms in total. The largest absolute Gasteiger partial charge is 0.478 e. The highest BCUT2D eigenvalue weighted by molar-refractivity contribution is 6.10. The molecule has 0 aliphatic carbocycles. The van der Waals surface area contributed by atoms with Crippen LogP contribution in [0.25, 0.3) is 0 Å². The van der Waals surface area contributed by atoms with Crippen molar-refractivity contribution in [2.24, 2.45) is 11.8 Å². The summed E-state index contributed by atoms with van der Waals surface area (Å²) in [6.45, 7) is 3.04. The van der Waals surface area contributed by atoms with Crippen molar-refractivity contribution in [1.82, 2.24) is 10.2 Å². The zero-order chi connectivity index (χ0) is 20.1. The molecule has 29 heavy (non-hydrogen) atoms. The maximum Gasteiger partial charge on any atom is 0.336 e. The molecule has 0 spiro atoms. The van der Waals surface area contributed by atoms with Crippen LogP contribution in [0.2, 0.25) is 0 Å². The van der Waals surface area contributed by atoms with Crippen LogP contribution < -0.4 is 11.1 Å². The summed E-state index contributed by atoms with van der Waals surface area (Å²) >= 11 is 0. The van der Waals surface area contributed by atoms with Crippen LogP contribution in [-0.4, -0.2) is 53.8 Å². The Morgan fingerprint density at radius 3 is 2.59 bits per heavy atom. The number of carboxylic acid groups (broad SMARTS) is 1. The summed E-state index contributed by atoms with van der Waals surface area (Å²) in [5.41, 5.74) is 6.10. The van der Waals surface area contributed by atoms with Gasteiger partial charge >= 0.3 is 5.97 Å². The number of benzene rings is 1. The van der Waals surface area contributed by atoms with E-state index in [9.17, 15) is 19.5 Å². The number of carboxylic acids is 1.